The molecule has 1 aromatic heterocycles. The predicted octanol–water partition coefficient (Wildman–Crippen LogP) is 3.19. The molecule has 158 valence electrons. The maximum Gasteiger partial charge on any atom is 0.270 e. The zero-order valence-corrected chi connectivity index (χ0v) is 18.3. The zero-order valence-electron chi connectivity index (χ0n) is 18.3. The minimum absolute atomic E-state index is 0.214. The van der Waals surface area contributed by atoms with E-state index in [9.17, 15) is 10.1 Å². The topological polar surface area (TPSA) is 55.5 Å². The van der Waals surface area contributed by atoms with Gasteiger partial charge in [-0.15, -0.1) is 0 Å². The van der Waals surface area contributed by atoms with Gasteiger partial charge in [0.1, 0.15) is 11.6 Å². The van der Waals surface area contributed by atoms with Crippen molar-refractivity contribution in [1.29, 1.82) is 5.26 Å². The molecule has 3 heterocycles. The van der Waals surface area contributed by atoms with Crippen LogP contribution in [-0.4, -0.2) is 44.8 Å². The fourth-order valence-electron chi connectivity index (χ4n) is 5.20. The standard InChI is InChI=1S/C25H27N5O/c1-27(2)18-8-10-19(11-9-18)30-16-25(17-30)12-13-29(15-25)23-20-6-4-5-7-22(20)28(3)24(31)21(23)14-26/h4-11H,12-13,15-17H2,1-3H3. The Morgan fingerprint density at radius 3 is 2.35 bits per heavy atom. The van der Waals surface area contributed by atoms with Gasteiger partial charge in [-0.25, -0.2) is 0 Å². The number of aryl methyl sites for hydroxylation is 1. The number of pyridine rings is 1. The third-order valence-electron chi connectivity index (χ3n) is 6.93. The second-order valence-corrected chi connectivity index (χ2v) is 9.16. The van der Waals surface area contributed by atoms with Crippen LogP contribution in [0.25, 0.3) is 10.9 Å². The lowest BCUT2D eigenvalue weighted by molar-refractivity contribution is 0.246. The molecule has 2 fully saturated rings. The number of para-hydroxylation sites is 1. The summed E-state index contributed by atoms with van der Waals surface area (Å²) in [6.45, 7) is 3.77. The van der Waals surface area contributed by atoms with Gasteiger partial charge in [0, 0.05) is 69.5 Å². The van der Waals surface area contributed by atoms with E-state index >= 15 is 0 Å². The molecule has 0 atom stereocenters. The first-order valence-electron chi connectivity index (χ1n) is 10.7. The number of nitriles is 1. The highest BCUT2D eigenvalue weighted by Crippen LogP contribution is 2.44. The van der Waals surface area contributed by atoms with Crippen molar-refractivity contribution in [3.8, 4) is 6.07 Å². The molecule has 2 aromatic carbocycles. The summed E-state index contributed by atoms with van der Waals surface area (Å²) in [5.41, 5.74) is 4.40. The van der Waals surface area contributed by atoms with Crippen molar-refractivity contribution >= 4 is 28.0 Å². The summed E-state index contributed by atoms with van der Waals surface area (Å²) in [6.07, 6.45) is 1.08. The van der Waals surface area contributed by atoms with Gasteiger partial charge in [0.2, 0.25) is 0 Å². The first kappa shape index (κ1) is 19.5. The quantitative estimate of drug-likeness (QED) is 0.660. The van der Waals surface area contributed by atoms with Crippen molar-refractivity contribution in [1.82, 2.24) is 4.57 Å². The summed E-state index contributed by atoms with van der Waals surface area (Å²) in [6, 6.07) is 18.8. The summed E-state index contributed by atoms with van der Waals surface area (Å²) in [7, 11) is 5.85. The molecule has 5 rings (SSSR count). The summed E-state index contributed by atoms with van der Waals surface area (Å²) in [5, 5.41) is 10.8. The summed E-state index contributed by atoms with van der Waals surface area (Å²) >= 11 is 0. The minimum atomic E-state index is -0.214. The van der Waals surface area contributed by atoms with Crippen LogP contribution < -0.4 is 20.3 Å². The Morgan fingerprint density at radius 2 is 1.68 bits per heavy atom. The average molecular weight is 414 g/mol. The highest BCUT2D eigenvalue weighted by molar-refractivity contribution is 5.95. The van der Waals surface area contributed by atoms with Gasteiger partial charge in [-0.2, -0.15) is 5.26 Å². The number of nitrogens with zero attached hydrogens (tertiary/aromatic N) is 5. The van der Waals surface area contributed by atoms with Crippen LogP contribution in [0.1, 0.15) is 12.0 Å². The summed E-state index contributed by atoms with van der Waals surface area (Å²) in [4.78, 5) is 19.7. The molecule has 0 saturated carbocycles. The number of aromatic nitrogens is 1. The highest BCUT2D eigenvalue weighted by atomic mass is 16.1. The number of anilines is 3. The van der Waals surface area contributed by atoms with Crippen molar-refractivity contribution in [2.75, 3.05) is 55.0 Å². The summed E-state index contributed by atoms with van der Waals surface area (Å²) < 4.78 is 1.59. The van der Waals surface area contributed by atoms with Gasteiger partial charge in [-0.1, -0.05) is 18.2 Å². The fourth-order valence-corrected chi connectivity index (χ4v) is 5.20. The van der Waals surface area contributed by atoms with Crippen molar-refractivity contribution in [3.05, 3.63) is 64.4 Å². The Morgan fingerprint density at radius 1 is 1.00 bits per heavy atom. The molecule has 6 nitrogen and oxygen atoms in total. The number of hydrogen-bond donors (Lipinski definition) is 0. The van der Waals surface area contributed by atoms with Crippen LogP contribution in [0.15, 0.2) is 53.3 Å². The van der Waals surface area contributed by atoms with E-state index in [1.165, 1.54) is 11.4 Å². The molecular weight excluding hydrogens is 386 g/mol. The SMILES string of the molecule is CN(C)c1ccc(N2CC3(CCN(c4c(C#N)c(=O)n(C)c5ccccc45)C3)C2)cc1. The third-order valence-corrected chi connectivity index (χ3v) is 6.93. The lowest BCUT2D eigenvalue weighted by Gasteiger charge is -2.49. The van der Waals surface area contributed by atoms with Gasteiger partial charge >= 0.3 is 0 Å². The van der Waals surface area contributed by atoms with E-state index < -0.39 is 0 Å². The van der Waals surface area contributed by atoms with Gasteiger partial charge in [0.15, 0.2) is 0 Å². The molecule has 2 saturated heterocycles. The van der Waals surface area contributed by atoms with E-state index in [-0.39, 0.29) is 16.5 Å². The van der Waals surface area contributed by atoms with E-state index in [0.29, 0.717) is 0 Å². The Hall–Kier alpha value is -3.46. The molecule has 0 radical (unpaired) electrons. The molecule has 2 aliphatic rings. The van der Waals surface area contributed by atoms with Gasteiger partial charge < -0.3 is 19.3 Å². The van der Waals surface area contributed by atoms with Crippen LogP contribution in [0.4, 0.5) is 17.1 Å². The lowest BCUT2D eigenvalue weighted by atomic mass is 9.78. The van der Waals surface area contributed by atoms with Crippen LogP contribution in [0.3, 0.4) is 0 Å². The van der Waals surface area contributed by atoms with E-state index in [0.717, 1.165) is 49.2 Å². The van der Waals surface area contributed by atoms with Crippen LogP contribution >= 0.6 is 0 Å². The van der Waals surface area contributed by atoms with E-state index in [2.05, 4.69) is 59.1 Å². The lowest BCUT2D eigenvalue weighted by Crippen LogP contribution is -2.57. The molecule has 0 amide bonds. The second kappa shape index (κ2) is 7.05. The Balaban J connectivity index is 1.41. The van der Waals surface area contributed by atoms with Crippen LogP contribution in [-0.2, 0) is 7.05 Å². The minimum Gasteiger partial charge on any atom is -0.378 e. The molecule has 0 bridgehead atoms. The number of fused-ring (bicyclic) bond motifs is 1. The predicted molar refractivity (Wildman–Crippen MR) is 126 cm³/mol. The average Bonchev–Trinajstić information content (AvgIpc) is 3.20. The molecule has 3 aromatic rings. The molecule has 6 heteroatoms. The smallest absolute Gasteiger partial charge is 0.270 e. The van der Waals surface area contributed by atoms with Gasteiger partial charge in [0.25, 0.3) is 5.56 Å². The normalized spacial score (nSPS) is 17.1. The van der Waals surface area contributed by atoms with Gasteiger partial charge in [-0.05, 0) is 36.8 Å². The molecule has 0 unspecified atom stereocenters. The fraction of sp³-hybridized carbons (Fsp3) is 0.360. The number of hydrogen-bond acceptors (Lipinski definition) is 5. The number of benzene rings is 2. The van der Waals surface area contributed by atoms with E-state index in [1.807, 2.05) is 24.3 Å². The molecular formula is C25H27N5O. The Kier molecular flexibility index (Phi) is 4.44. The molecule has 0 aliphatic carbocycles. The van der Waals surface area contributed by atoms with Crippen molar-refractivity contribution in [2.45, 2.75) is 6.42 Å². The van der Waals surface area contributed by atoms with Crippen molar-refractivity contribution < 1.29 is 0 Å². The maximum absolute atomic E-state index is 12.9. The summed E-state index contributed by atoms with van der Waals surface area (Å²) in [5.74, 6) is 0. The molecule has 0 N–H and O–H groups in total. The van der Waals surface area contributed by atoms with Crippen LogP contribution in [0, 0.1) is 16.7 Å². The second-order valence-electron chi connectivity index (χ2n) is 9.16. The molecule has 31 heavy (non-hydrogen) atoms. The van der Waals surface area contributed by atoms with Gasteiger partial charge in [-0.3, -0.25) is 4.79 Å². The molecule has 1 spiro atoms. The van der Waals surface area contributed by atoms with Crippen LogP contribution in [0.2, 0.25) is 0 Å². The van der Waals surface area contributed by atoms with E-state index in [1.54, 1.807) is 11.6 Å². The van der Waals surface area contributed by atoms with Crippen LogP contribution in [0.5, 0.6) is 0 Å². The van der Waals surface area contributed by atoms with Crippen molar-refractivity contribution in [3.63, 3.8) is 0 Å². The monoisotopic (exact) mass is 413 g/mol. The Labute approximate surface area is 182 Å². The Bertz CT molecular complexity index is 1250. The largest absolute Gasteiger partial charge is 0.378 e. The zero-order chi connectivity index (χ0) is 21.8. The first-order chi connectivity index (χ1) is 14.9. The first-order valence-corrected chi connectivity index (χ1v) is 10.7. The van der Waals surface area contributed by atoms with E-state index in [4.69, 9.17) is 0 Å². The maximum atomic E-state index is 12.9. The van der Waals surface area contributed by atoms with Gasteiger partial charge in [0.05, 0.1) is 11.2 Å². The highest BCUT2D eigenvalue weighted by Gasteiger charge is 2.48. The number of rotatable bonds is 3. The van der Waals surface area contributed by atoms with Crippen molar-refractivity contribution in [2.24, 2.45) is 12.5 Å². The third kappa shape index (κ3) is 3.04. The molecule has 2 aliphatic heterocycles.